The fourth-order valence-corrected chi connectivity index (χ4v) is 7.28. The van der Waals surface area contributed by atoms with Gasteiger partial charge < -0.3 is 18.8 Å². The number of benzene rings is 2. The van der Waals surface area contributed by atoms with Gasteiger partial charge in [0.1, 0.15) is 16.5 Å². The molecule has 0 spiro atoms. The van der Waals surface area contributed by atoms with Crippen molar-refractivity contribution in [2.45, 2.75) is 77.0 Å². The molecular formula is C32H34N6O5S2. The number of hydrogen-bond donors (Lipinski definition) is 1. The lowest BCUT2D eigenvalue weighted by molar-refractivity contribution is -0.0912. The fourth-order valence-electron chi connectivity index (χ4n) is 5.57. The lowest BCUT2D eigenvalue weighted by Gasteiger charge is -2.22. The van der Waals surface area contributed by atoms with Crippen LogP contribution in [-0.2, 0) is 20.8 Å². The third kappa shape index (κ3) is 6.89. The van der Waals surface area contributed by atoms with Gasteiger partial charge in [0, 0.05) is 17.4 Å². The fraction of sp³-hybridized carbons (Fsp3) is 0.375. The van der Waals surface area contributed by atoms with Crippen molar-refractivity contribution in [1.29, 1.82) is 0 Å². The van der Waals surface area contributed by atoms with Gasteiger partial charge in [-0.05, 0) is 60.3 Å². The van der Waals surface area contributed by atoms with E-state index in [0.717, 1.165) is 75.7 Å². The van der Waals surface area contributed by atoms with Crippen LogP contribution < -0.4 is 0 Å². The molecule has 0 bridgehead atoms. The van der Waals surface area contributed by atoms with Crippen LogP contribution in [0.2, 0.25) is 0 Å². The number of nitrogens with one attached hydrogen (secondary N) is 1. The number of aryl methyl sites for hydroxylation is 1. The topological polar surface area (TPSA) is 134 Å². The molecule has 13 heteroatoms. The molecule has 11 nitrogen and oxygen atoms in total. The average Bonchev–Trinajstić information content (AvgIpc) is 3.77. The van der Waals surface area contributed by atoms with Gasteiger partial charge in [0.15, 0.2) is 5.16 Å². The van der Waals surface area contributed by atoms with Crippen molar-refractivity contribution in [3.05, 3.63) is 63.8 Å². The number of aromatic nitrogens is 6. The van der Waals surface area contributed by atoms with Crippen LogP contribution in [0.15, 0.2) is 53.7 Å². The minimum atomic E-state index is -1.10. The van der Waals surface area contributed by atoms with Gasteiger partial charge in [-0.15, -0.1) is 21.5 Å². The summed E-state index contributed by atoms with van der Waals surface area (Å²) >= 11 is 2.94. The molecule has 0 saturated heterocycles. The molecule has 2 aromatic carbocycles. The Morgan fingerprint density at radius 3 is 2.53 bits per heavy atom. The Balaban J connectivity index is 1.22. The monoisotopic (exact) mass is 646 g/mol. The van der Waals surface area contributed by atoms with Crippen LogP contribution in [0.5, 0.6) is 0 Å². The molecule has 1 saturated carbocycles. The second-order valence-corrected chi connectivity index (χ2v) is 13.3. The highest BCUT2D eigenvalue weighted by atomic mass is 32.2. The summed E-state index contributed by atoms with van der Waals surface area (Å²) < 4.78 is 18.3. The number of carbonyl (C=O) groups excluding carboxylic acids is 2. The van der Waals surface area contributed by atoms with Gasteiger partial charge in [0.25, 0.3) is 0 Å². The number of fused-ring (bicyclic) bond motifs is 1. The number of hydrogen-bond acceptors (Lipinski definition) is 11. The van der Waals surface area contributed by atoms with Crippen LogP contribution in [0, 0.1) is 6.92 Å². The summed E-state index contributed by atoms with van der Waals surface area (Å²) in [5.41, 5.74) is 5.41. The van der Waals surface area contributed by atoms with E-state index in [9.17, 15) is 9.59 Å². The number of tetrazole rings is 1. The van der Waals surface area contributed by atoms with Crippen molar-refractivity contribution in [3.8, 4) is 22.5 Å². The highest BCUT2D eigenvalue weighted by Crippen LogP contribution is 2.36. The van der Waals surface area contributed by atoms with Gasteiger partial charge in [-0.3, -0.25) is 0 Å². The molecule has 1 aliphatic rings. The molecule has 1 atom stereocenters. The number of H-pyrrole nitrogens is 1. The molecule has 234 valence electrons. The molecule has 3 heterocycles. The Morgan fingerprint density at radius 1 is 1.07 bits per heavy atom. The number of rotatable bonds is 10. The number of esters is 1. The average molecular weight is 647 g/mol. The van der Waals surface area contributed by atoms with Gasteiger partial charge in [-0.25, -0.2) is 14.6 Å². The summed E-state index contributed by atoms with van der Waals surface area (Å²) in [6.07, 6.45) is 2.80. The number of carbonyl (C=O) groups is 2. The first-order valence-electron chi connectivity index (χ1n) is 15.0. The second-order valence-electron chi connectivity index (χ2n) is 10.8. The standard InChI is InChI=1S/C32H34N6O5S2/c1-4-44-31-33-26-19(2)45-28(30(39)41-20(3)42-32(40)43-23-10-6-5-7-11-23)27(26)38(31)18-21-14-16-22(17-15-21)24-12-8-9-13-25(24)29-34-36-37-35-29/h8-9,12-17,20,23H,4-7,10-11,18H2,1-3H3,(H,34,35,36,37). The number of ether oxygens (including phenoxy) is 3. The number of imidazole rings is 1. The van der Waals surface area contributed by atoms with E-state index in [4.69, 9.17) is 19.2 Å². The van der Waals surface area contributed by atoms with Gasteiger partial charge in [0.05, 0.1) is 12.1 Å². The largest absolute Gasteiger partial charge is 0.511 e. The smallest absolute Gasteiger partial charge is 0.431 e. The Bertz CT molecular complexity index is 1780. The van der Waals surface area contributed by atoms with Crippen molar-refractivity contribution in [1.82, 2.24) is 30.2 Å². The molecular weight excluding hydrogens is 613 g/mol. The summed E-state index contributed by atoms with van der Waals surface area (Å²) in [7, 11) is 0. The molecule has 1 N–H and O–H groups in total. The second kappa shape index (κ2) is 13.8. The molecule has 0 amide bonds. The van der Waals surface area contributed by atoms with Crippen LogP contribution in [0.4, 0.5) is 4.79 Å². The minimum Gasteiger partial charge on any atom is -0.431 e. The molecule has 0 radical (unpaired) electrons. The van der Waals surface area contributed by atoms with E-state index in [0.29, 0.717) is 22.8 Å². The lowest BCUT2D eigenvalue weighted by Crippen LogP contribution is -2.26. The number of thioether (sulfide) groups is 1. The van der Waals surface area contributed by atoms with Crippen LogP contribution in [0.1, 0.15) is 66.1 Å². The van der Waals surface area contributed by atoms with E-state index in [2.05, 4.69) is 56.4 Å². The normalized spacial score (nSPS) is 14.4. The molecule has 5 aromatic rings. The van der Waals surface area contributed by atoms with Crippen LogP contribution in [0.3, 0.4) is 0 Å². The quantitative estimate of drug-likeness (QED) is 0.0929. The van der Waals surface area contributed by atoms with E-state index >= 15 is 0 Å². The SMILES string of the molecule is CCSc1nc2c(C)sc(C(=O)OC(C)OC(=O)OC3CCCCC3)c2n1Cc1ccc(-c2ccccc2-c2nn[nH]n2)cc1. The maximum absolute atomic E-state index is 13.4. The molecule has 1 fully saturated rings. The minimum absolute atomic E-state index is 0.146. The Morgan fingerprint density at radius 2 is 1.82 bits per heavy atom. The zero-order chi connectivity index (χ0) is 31.3. The van der Waals surface area contributed by atoms with E-state index in [1.54, 1.807) is 11.8 Å². The lowest BCUT2D eigenvalue weighted by atomic mass is 9.98. The van der Waals surface area contributed by atoms with E-state index < -0.39 is 18.4 Å². The Hall–Kier alpha value is -4.23. The number of thiophene rings is 1. The molecule has 1 unspecified atom stereocenters. The zero-order valence-electron chi connectivity index (χ0n) is 25.3. The first-order chi connectivity index (χ1) is 21.9. The van der Waals surface area contributed by atoms with Gasteiger partial charge >= 0.3 is 12.1 Å². The highest BCUT2D eigenvalue weighted by molar-refractivity contribution is 7.99. The third-order valence-electron chi connectivity index (χ3n) is 7.66. The Labute approximate surface area is 268 Å². The van der Waals surface area contributed by atoms with E-state index in [1.807, 2.05) is 31.2 Å². The molecule has 45 heavy (non-hydrogen) atoms. The maximum atomic E-state index is 13.4. The maximum Gasteiger partial charge on any atom is 0.511 e. The number of aromatic amines is 1. The van der Waals surface area contributed by atoms with Crippen molar-refractivity contribution in [3.63, 3.8) is 0 Å². The summed E-state index contributed by atoms with van der Waals surface area (Å²) in [4.78, 5) is 32.0. The van der Waals surface area contributed by atoms with Crippen LogP contribution in [-0.4, -0.2) is 60.4 Å². The van der Waals surface area contributed by atoms with Gasteiger partial charge in [-0.1, -0.05) is 73.6 Å². The van der Waals surface area contributed by atoms with Crippen LogP contribution in [0.25, 0.3) is 33.5 Å². The molecule has 1 aliphatic carbocycles. The predicted molar refractivity (Wildman–Crippen MR) is 172 cm³/mol. The number of nitrogens with zero attached hydrogens (tertiary/aromatic N) is 5. The van der Waals surface area contributed by atoms with Crippen molar-refractivity contribution in [2.75, 3.05) is 5.75 Å². The van der Waals surface area contributed by atoms with Gasteiger partial charge in [-0.2, -0.15) is 5.21 Å². The summed E-state index contributed by atoms with van der Waals surface area (Å²) in [6.45, 7) is 6.03. The molecule has 6 rings (SSSR count). The molecule has 3 aromatic heterocycles. The van der Waals surface area contributed by atoms with Crippen molar-refractivity contribution in [2.24, 2.45) is 0 Å². The first-order valence-corrected chi connectivity index (χ1v) is 16.8. The molecule has 0 aliphatic heterocycles. The first kappa shape index (κ1) is 30.8. The summed E-state index contributed by atoms with van der Waals surface area (Å²) in [5.74, 6) is 0.783. The third-order valence-corrected chi connectivity index (χ3v) is 9.59. The Kier molecular flexibility index (Phi) is 9.45. The highest BCUT2D eigenvalue weighted by Gasteiger charge is 2.27. The summed E-state index contributed by atoms with van der Waals surface area (Å²) in [5, 5.41) is 15.3. The predicted octanol–water partition coefficient (Wildman–Crippen LogP) is 7.40. The van der Waals surface area contributed by atoms with Crippen molar-refractivity contribution >= 4 is 46.3 Å². The zero-order valence-corrected chi connectivity index (χ0v) is 27.0. The van der Waals surface area contributed by atoms with E-state index in [1.165, 1.54) is 18.3 Å². The van der Waals surface area contributed by atoms with Crippen LogP contribution >= 0.6 is 23.1 Å². The van der Waals surface area contributed by atoms with Gasteiger partial charge in [0.2, 0.25) is 12.1 Å². The summed E-state index contributed by atoms with van der Waals surface area (Å²) in [6, 6.07) is 16.2. The van der Waals surface area contributed by atoms with Crippen molar-refractivity contribution < 1.29 is 23.8 Å². The van der Waals surface area contributed by atoms with E-state index in [-0.39, 0.29) is 6.10 Å².